The Morgan fingerprint density at radius 3 is 0.500 bits per heavy atom. The zero-order valence-corrected chi connectivity index (χ0v) is 5.15. The Kier molecular flexibility index (Phi) is 1430. The van der Waals surface area contributed by atoms with E-state index in [2.05, 4.69) is 0 Å². The molecule has 0 spiro atoms. The Morgan fingerprint density at radius 2 is 0.500 bits per heavy atom. The maximum Gasteiger partial charge on any atom is 0 e. The van der Waals surface area contributed by atoms with Gasteiger partial charge in [-0.15, -0.1) is 0 Å². The Labute approximate surface area is 43.1 Å². The quantitative estimate of drug-likeness (QED) is 0.512. The van der Waals surface area contributed by atoms with Crippen molar-refractivity contribution in [2.75, 3.05) is 0 Å². The molecule has 0 rings (SSSR count). The van der Waals surface area contributed by atoms with Gasteiger partial charge in [-0.1, -0.05) is 0 Å². The molecule has 0 bridgehead atoms. The number of hydrogen-bond acceptors (Lipinski definition) is 0. The first-order chi connectivity index (χ1) is 0. The molecule has 0 heterocycles. The second-order valence-electron chi connectivity index (χ2n) is 0. The molecule has 0 N–H and O–H groups in total. The van der Waals surface area contributed by atoms with Gasteiger partial charge in [0.05, 0.1) is 0 Å². The number of rotatable bonds is 0. The zero-order valence-electron chi connectivity index (χ0n) is 1.67. The van der Waals surface area contributed by atoms with Crippen molar-refractivity contribution in [3.05, 3.63) is 0 Å². The van der Waals surface area contributed by atoms with Gasteiger partial charge in [-0.05, 0) is 0 Å². The van der Waals surface area contributed by atoms with Crippen molar-refractivity contribution in [2.24, 2.45) is 0 Å². The summed E-state index contributed by atoms with van der Waals surface area (Å²) in [5.74, 6) is 0. The summed E-state index contributed by atoms with van der Waals surface area (Å²) in [6.07, 6.45) is 0. The van der Waals surface area contributed by atoms with Crippen LogP contribution >= 0.6 is 0 Å². The second kappa shape index (κ2) is 49.3. The van der Waals surface area contributed by atoms with Crippen molar-refractivity contribution in [2.45, 2.75) is 0 Å². The standard InChI is InChI=1S/Bi.3O/q;3*-2. The second-order valence-corrected chi connectivity index (χ2v) is 0. The molecule has 4 heteroatoms. The molecule has 29 valence electrons. The van der Waals surface area contributed by atoms with E-state index < -0.39 is 0 Å². The van der Waals surface area contributed by atoms with E-state index in [1.54, 1.807) is 0 Å². The molecule has 4 heavy (non-hydrogen) atoms. The minimum absolute atomic E-state index is 0. The van der Waals surface area contributed by atoms with Gasteiger partial charge in [0.25, 0.3) is 0 Å². The summed E-state index contributed by atoms with van der Waals surface area (Å²) in [5.41, 5.74) is 0. The molecular formula is BiO3-6. The van der Waals surface area contributed by atoms with E-state index in [-0.39, 0.29) is 42.6 Å². The summed E-state index contributed by atoms with van der Waals surface area (Å²) in [6, 6.07) is 0. The fourth-order valence-corrected chi connectivity index (χ4v) is 0. The summed E-state index contributed by atoms with van der Waals surface area (Å²) in [4.78, 5) is 0. The summed E-state index contributed by atoms with van der Waals surface area (Å²) >= 11 is 0. The fourth-order valence-electron chi connectivity index (χ4n) is 0. The molecule has 3 nitrogen and oxygen atoms in total. The smallest absolute Gasteiger partial charge is 0 e. The van der Waals surface area contributed by atoms with Crippen molar-refractivity contribution < 1.29 is 16.4 Å². The van der Waals surface area contributed by atoms with E-state index in [0.717, 1.165) is 0 Å². The minimum Gasteiger partial charge on any atom is -2.00 e. The molecule has 0 saturated heterocycles. The van der Waals surface area contributed by atoms with E-state index in [1.165, 1.54) is 0 Å². The monoisotopic (exact) mass is 257 g/mol. The average molecular weight is 257 g/mol. The van der Waals surface area contributed by atoms with Gasteiger partial charge in [0, 0.05) is 26.2 Å². The van der Waals surface area contributed by atoms with Gasteiger partial charge in [0.2, 0.25) is 0 Å². The van der Waals surface area contributed by atoms with Crippen LogP contribution in [0.1, 0.15) is 0 Å². The third-order valence-electron chi connectivity index (χ3n) is 0. The first-order valence-electron chi connectivity index (χ1n) is 0. The fraction of sp³-hybridized carbons (Fsp3) is 0. The van der Waals surface area contributed by atoms with Crippen molar-refractivity contribution in [3.8, 4) is 0 Å². The van der Waals surface area contributed by atoms with Gasteiger partial charge in [0.1, 0.15) is 0 Å². The van der Waals surface area contributed by atoms with E-state index in [9.17, 15) is 0 Å². The van der Waals surface area contributed by atoms with Gasteiger partial charge in [0.15, 0.2) is 0 Å². The largest absolute Gasteiger partial charge is 2.00 e. The van der Waals surface area contributed by atoms with E-state index >= 15 is 0 Å². The maximum atomic E-state index is 0. The van der Waals surface area contributed by atoms with Gasteiger partial charge in [-0.3, -0.25) is 0 Å². The number of hydrogen-bond donors (Lipinski definition) is 0. The Morgan fingerprint density at radius 1 is 0.500 bits per heavy atom. The molecule has 0 saturated carbocycles. The predicted octanol–water partition coefficient (Wildman–Crippen LogP) is -0.737. The van der Waals surface area contributed by atoms with E-state index in [4.69, 9.17) is 0 Å². The molecule has 3 radical (unpaired) electrons. The molecule has 0 fully saturated rings. The van der Waals surface area contributed by atoms with Crippen LogP contribution in [-0.4, -0.2) is 26.2 Å². The Hall–Kier alpha value is 0.763. The summed E-state index contributed by atoms with van der Waals surface area (Å²) in [6.45, 7) is 0. The van der Waals surface area contributed by atoms with E-state index in [1.807, 2.05) is 0 Å². The Bertz CT molecular complexity index is 3.25. The van der Waals surface area contributed by atoms with Crippen molar-refractivity contribution >= 4 is 26.2 Å². The molecule has 0 amide bonds. The van der Waals surface area contributed by atoms with Gasteiger partial charge in [-0.25, -0.2) is 0 Å². The third-order valence-corrected chi connectivity index (χ3v) is 0. The average Bonchev–Trinajstić information content (AvgIpc) is 0. The molecule has 0 aromatic carbocycles. The minimum atomic E-state index is 0. The van der Waals surface area contributed by atoms with Crippen LogP contribution in [0.15, 0.2) is 0 Å². The normalized spacial score (nSPS) is 0. The van der Waals surface area contributed by atoms with Crippen LogP contribution in [0.2, 0.25) is 0 Å². The van der Waals surface area contributed by atoms with Crippen LogP contribution < -0.4 is 0 Å². The SMILES string of the molecule is [Bi].[O-2].[O-2].[O-2]. The molecule has 0 unspecified atom stereocenters. The molecule has 0 aliphatic heterocycles. The molecule has 0 aromatic rings. The van der Waals surface area contributed by atoms with Crippen LogP contribution in [0.3, 0.4) is 0 Å². The van der Waals surface area contributed by atoms with Crippen molar-refractivity contribution in [3.63, 3.8) is 0 Å². The first kappa shape index (κ1) is 116. The van der Waals surface area contributed by atoms with E-state index in [0.29, 0.717) is 0 Å². The van der Waals surface area contributed by atoms with Crippen molar-refractivity contribution in [1.29, 1.82) is 0 Å². The molecule has 0 atom stereocenters. The van der Waals surface area contributed by atoms with Crippen LogP contribution in [0.4, 0.5) is 0 Å². The van der Waals surface area contributed by atoms with Gasteiger partial charge < -0.3 is 16.4 Å². The third kappa shape index (κ3) is 14.7. The maximum absolute atomic E-state index is 0. The molecular weight excluding hydrogens is 257 g/mol. The van der Waals surface area contributed by atoms with Gasteiger partial charge >= 0.3 is 0 Å². The Balaban J connectivity index is 0. The van der Waals surface area contributed by atoms with Crippen molar-refractivity contribution in [1.82, 2.24) is 0 Å². The van der Waals surface area contributed by atoms with Crippen LogP contribution in [0.25, 0.3) is 0 Å². The van der Waals surface area contributed by atoms with Crippen LogP contribution in [-0.2, 0) is 16.4 Å². The molecule has 0 aliphatic carbocycles. The topological polar surface area (TPSA) is 85.5 Å². The summed E-state index contributed by atoms with van der Waals surface area (Å²) in [5, 5.41) is 0. The first-order valence-corrected chi connectivity index (χ1v) is 0. The molecule has 0 aromatic heterocycles. The summed E-state index contributed by atoms with van der Waals surface area (Å²) < 4.78 is 0. The predicted molar refractivity (Wildman–Crippen MR) is 7.81 cm³/mol. The van der Waals surface area contributed by atoms with Crippen LogP contribution in [0, 0.1) is 0 Å². The summed E-state index contributed by atoms with van der Waals surface area (Å²) in [7, 11) is 0. The zero-order chi connectivity index (χ0) is 0. The van der Waals surface area contributed by atoms with Gasteiger partial charge in [-0.2, -0.15) is 0 Å². The molecule has 0 aliphatic rings. The van der Waals surface area contributed by atoms with Crippen LogP contribution in [0.5, 0.6) is 0 Å².